The fraction of sp³-hybridized carbons (Fsp3) is 0.538. The van der Waals surface area contributed by atoms with E-state index in [1.165, 1.54) is 31.9 Å². The normalized spacial score (nSPS) is 15.9. The quantitative estimate of drug-likeness (QED) is 0.916. The molecule has 18 heavy (non-hydrogen) atoms. The Labute approximate surface area is 112 Å². The number of rotatable bonds is 3. The highest BCUT2D eigenvalue weighted by Crippen LogP contribution is 2.25. The molecule has 4 nitrogen and oxygen atoms in total. The summed E-state index contributed by atoms with van der Waals surface area (Å²) in [4.78, 5) is 17.8. The van der Waals surface area contributed by atoms with Gasteiger partial charge in [0.15, 0.2) is 0 Å². The van der Waals surface area contributed by atoms with Crippen molar-refractivity contribution in [1.82, 2.24) is 9.88 Å². The molecule has 1 amide bonds. The number of aromatic nitrogens is 1. The van der Waals surface area contributed by atoms with E-state index in [4.69, 9.17) is 17.3 Å². The number of nitrogens with zero attached hydrogens (tertiary/aromatic N) is 2. The molecule has 0 unspecified atom stereocenters. The van der Waals surface area contributed by atoms with Gasteiger partial charge < -0.3 is 10.6 Å². The molecule has 1 aliphatic rings. The Morgan fingerprint density at radius 1 is 1.56 bits per heavy atom. The molecule has 2 N–H and O–H groups in total. The van der Waals surface area contributed by atoms with Gasteiger partial charge in [-0.25, -0.2) is 4.98 Å². The first-order valence-electron chi connectivity index (χ1n) is 6.24. The number of carbonyl (C=O) groups is 1. The van der Waals surface area contributed by atoms with Gasteiger partial charge in [-0.3, -0.25) is 4.79 Å². The Balaban J connectivity index is 2.02. The molecule has 5 heteroatoms. The molecular formula is C13H18ClN3O. The SMILES string of the molecule is CN(CC1CCCC1)C(=O)c1cnc(N)c(Cl)c1. The predicted octanol–water partition coefficient (Wildman–Crippen LogP) is 2.58. The molecule has 0 bridgehead atoms. The smallest absolute Gasteiger partial charge is 0.255 e. The molecule has 0 aromatic carbocycles. The maximum absolute atomic E-state index is 12.2. The molecule has 1 aromatic rings. The van der Waals surface area contributed by atoms with E-state index >= 15 is 0 Å². The van der Waals surface area contributed by atoms with Crippen molar-refractivity contribution in [3.8, 4) is 0 Å². The number of carbonyl (C=O) groups excluding carboxylic acids is 1. The average Bonchev–Trinajstić information content (AvgIpc) is 2.84. The predicted molar refractivity (Wildman–Crippen MR) is 72.6 cm³/mol. The average molecular weight is 268 g/mol. The highest BCUT2D eigenvalue weighted by Gasteiger charge is 2.20. The maximum atomic E-state index is 12.2. The molecule has 0 aliphatic heterocycles. The van der Waals surface area contributed by atoms with E-state index < -0.39 is 0 Å². The molecule has 0 radical (unpaired) electrons. The van der Waals surface area contributed by atoms with Gasteiger partial charge in [0.05, 0.1) is 10.6 Å². The zero-order chi connectivity index (χ0) is 13.1. The number of pyridine rings is 1. The summed E-state index contributed by atoms with van der Waals surface area (Å²) in [6.07, 6.45) is 6.48. The molecule has 0 atom stereocenters. The minimum Gasteiger partial charge on any atom is -0.382 e. The first-order chi connectivity index (χ1) is 8.58. The Morgan fingerprint density at radius 3 is 2.83 bits per heavy atom. The lowest BCUT2D eigenvalue weighted by Crippen LogP contribution is -2.31. The first kappa shape index (κ1) is 13.1. The summed E-state index contributed by atoms with van der Waals surface area (Å²) in [6.45, 7) is 0.806. The Bertz CT molecular complexity index is 444. The molecule has 2 rings (SSSR count). The fourth-order valence-electron chi connectivity index (χ4n) is 2.45. The van der Waals surface area contributed by atoms with E-state index in [-0.39, 0.29) is 11.7 Å². The van der Waals surface area contributed by atoms with Crippen LogP contribution in [-0.4, -0.2) is 29.4 Å². The van der Waals surface area contributed by atoms with Crippen LogP contribution in [0.5, 0.6) is 0 Å². The second-order valence-electron chi connectivity index (χ2n) is 4.93. The Morgan fingerprint density at radius 2 is 2.22 bits per heavy atom. The van der Waals surface area contributed by atoms with Crippen LogP contribution in [0, 0.1) is 5.92 Å². The van der Waals surface area contributed by atoms with E-state index in [0.717, 1.165) is 6.54 Å². The summed E-state index contributed by atoms with van der Waals surface area (Å²) in [7, 11) is 1.82. The highest BCUT2D eigenvalue weighted by atomic mass is 35.5. The van der Waals surface area contributed by atoms with Crippen molar-refractivity contribution in [3.63, 3.8) is 0 Å². The van der Waals surface area contributed by atoms with Gasteiger partial charge in [-0.1, -0.05) is 24.4 Å². The molecule has 1 saturated carbocycles. The Kier molecular flexibility index (Phi) is 4.07. The van der Waals surface area contributed by atoms with Gasteiger partial charge in [0, 0.05) is 19.8 Å². The van der Waals surface area contributed by atoms with Gasteiger partial charge in [0.25, 0.3) is 5.91 Å². The van der Waals surface area contributed by atoms with Crippen LogP contribution in [0.1, 0.15) is 36.0 Å². The van der Waals surface area contributed by atoms with E-state index in [1.807, 2.05) is 7.05 Å². The van der Waals surface area contributed by atoms with Crippen LogP contribution in [0.25, 0.3) is 0 Å². The van der Waals surface area contributed by atoms with E-state index in [1.54, 1.807) is 11.0 Å². The lowest BCUT2D eigenvalue weighted by molar-refractivity contribution is 0.0773. The zero-order valence-electron chi connectivity index (χ0n) is 10.5. The molecule has 1 aliphatic carbocycles. The van der Waals surface area contributed by atoms with Gasteiger partial charge in [-0.05, 0) is 24.8 Å². The highest BCUT2D eigenvalue weighted by molar-refractivity contribution is 6.33. The van der Waals surface area contributed by atoms with Gasteiger partial charge in [-0.15, -0.1) is 0 Å². The number of nitrogens with two attached hydrogens (primary N) is 1. The largest absolute Gasteiger partial charge is 0.382 e. The monoisotopic (exact) mass is 267 g/mol. The number of nitrogen functional groups attached to an aromatic ring is 1. The maximum Gasteiger partial charge on any atom is 0.255 e. The fourth-order valence-corrected chi connectivity index (χ4v) is 2.62. The summed E-state index contributed by atoms with van der Waals surface area (Å²) in [5.41, 5.74) is 6.02. The number of amides is 1. The lowest BCUT2D eigenvalue weighted by atomic mass is 10.1. The number of halogens is 1. The minimum atomic E-state index is -0.0451. The van der Waals surface area contributed by atoms with Crippen molar-refractivity contribution in [2.45, 2.75) is 25.7 Å². The van der Waals surface area contributed by atoms with Gasteiger partial charge >= 0.3 is 0 Å². The third-order valence-electron chi connectivity index (χ3n) is 3.47. The van der Waals surface area contributed by atoms with Crippen molar-refractivity contribution >= 4 is 23.3 Å². The first-order valence-corrected chi connectivity index (χ1v) is 6.62. The summed E-state index contributed by atoms with van der Waals surface area (Å²) in [6, 6.07) is 1.58. The van der Waals surface area contributed by atoms with Crippen LogP contribution in [0.15, 0.2) is 12.3 Å². The third kappa shape index (κ3) is 2.93. The number of hydrogen-bond donors (Lipinski definition) is 1. The summed E-state index contributed by atoms with van der Waals surface area (Å²) >= 11 is 5.87. The van der Waals surface area contributed by atoms with Crippen molar-refractivity contribution in [2.24, 2.45) is 5.92 Å². The van der Waals surface area contributed by atoms with E-state index in [2.05, 4.69) is 4.98 Å². The third-order valence-corrected chi connectivity index (χ3v) is 3.77. The van der Waals surface area contributed by atoms with Crippen molar-refractivity contribution in [3.05, 3.63) is 22.8 Å². The van der Waals surface area contributed by atoms with Crippen LogP contribution >= 0.6 is 11.6 Å². The molecule has 0 spiro atoms. The molecule has 1 aromatic heterocycles. The van der Waals surface area contributed by atoms with Crippen LogP contribution < -0.4 is 5.73 Å². The van der Waals surface area contributed by atoms with Gasteiger partial charge in [0.2, 0.25) is 0 Å². The molecule has 1 fully saturated rings. The lowest BCUT2D eigenvalue weighted by Gasteiger charge is -2.21. The molecule has 1 heterocycles. The second-order valence-corrected chi connectivity index (χ2v) is 5.33. The Hall–Kier alpha value is -1.29. The van der Waals surface area contributed by atoms with E-state index in [0.29, 0.717) is 16.5 Å². The van der Waals surface area contributed by atoms with Crippen molar-refractivity contribution in [2.75, 3.05) is 19.3 Å². The van der Waals surface area contributed by atoms with Crippen LogP contribution in [0.3, 0.4) is 0 Å². The van der Waals surface area contributed by atoms with Crippen LogP contribution in [0.4, 0.5) is 5.82 Å². The molecule has 0 saturated heterocycles. The van der Waals surface area contributed by atoms with Crippen LogP contribution in [-0.2, 0) is 0 Å². The van der Waals surface area contributed by atoms with Crippen molar-refractivity contribution < 1.29 is 4.79 Å². The minimum absolute atomic E-state index is 0.0451. The van der Waals surface area contributed by atoms with Crippen LogP contribution in [0.2, 0.25) is 5.02 Å². The second kappa shape index (κ2) is 5.57. The molecular weight excluding hydrogens is 250 g/mol. The summed E-state index contributed by atoms with van der Waals surface area (Å²) in [5.74, 6) is 0.846. The standard InChI is InChI=1S/C13H18ClN3O/c1-17(8-9-4-2-3-5-9)13(18)10-6-11(14)12(15)16-7-10/h6-7,9H,2-5,8H2,1H3,(H2,15,16). The van der Waals surface area contributed by atoms with E-state index in [9.17, 15) is 4.79 Å². The summed E-state index contributed by atoms with van der Waals surface area (Å²) < 4.78 is 0. The van der Waals surface area contributed by atoms with Gasteiger partial charge in [0.1, 0.15) is 5.82 Å². The number of anilines is 1. The zero-order valence-corrected chi connectivity index (χ0v) is 11.3. The topological polar surface area (TPSA) is 59.2 Å². The number of hydrogen-bond acceptors (Lipinski definition) is 3. The van der Waals surface area contributed by atoms with Gasteiger partial charge in [-0.2, -0.15) is 0 Å². The summed E-state index contributed by atoms with van der Waals surface area (Å²) in [5, 5.41) is 0.329. The molecule has 98 valence electrons. The van der Waals surface area contributed by atoms with Crippen molar-refractivity contribution in [1.29, 1.82) is 0 Å².